The fourth-order valence-electron chi connectivity index (χ4n) is 2.77. The molecule has 28 heavy (non-hydrogen) atoms. The molecule has 1 atom stereocenters. The van der Waals surface area contributed by atoms with E-state index in [0.717, 1.165) is 29.8 Å². The van der Waals surface area contributed by atoms with E-state index in [2.05, 4.69) is 15.6 Å². The minimum absolute atomic E-state index is 0.112. The molecule has 0 aliphatic heterocycles. The SMILES string of the molecule is Nc1csc(CC(=O)Nc2ccc(CCNC[C@@H](O)c3ccccc3)cc2)n1. The number of nitrogens with two attached hydrogens (primary N) is 1. The Bertz CT molecular complexity index is 881. The molecule has 3 aromatic rings. The van der Waals surface area contributed by atoms with Crippen molar-refractivity contribution in [2.75, 3.05) is 24.1 Å². The van der Waals surface area contributed by atoms with Gasteiger partial charge in [-0.25, -0.2) is 4.98 Å². The van der Waals surface area contributed by atoms with Gasteiger partial charge < -0.3 is 21.5 Å². The zero-order chi connectivity index (χ0) is 19.8. The van der Waals surface area contributed by atoms with Gasteiger partial charge in [-0.2, -0.15) is 0 Å². The van der Waals surface area contributed by atoms with E-state index in [-0.39, 0.29) is 12.3 Å². The van der Waals surface area contributed by atoms with Crippen molar-refractivity contribution in [1.29, 1.82) is 0 Å². The van der Waals surface area contributed by atoms with Crippen LogP contribution in [-0.4, -0.2) is 29.1 Å². The summed E-state index contributed by atoms with van der Waals surface area (Å²) in [6.07, 6.45) is 0.553. The summed E-state index contributed by atoms with van der Waals surface area (Å²) in [6, 6.07) is 17.4. The van der Waals surface area contributed by atoms with Gasteiger partial charge in [-0.3, -0.25) is 4.79 Å². The first-order valence-electron chi connectivity index (χ1n) is 9.12. The molecule has 2 aromatic carbocycles. The number of anilines is 2. The molecule has 7 heteroatoms. The van der Waals surface area contributed by atoms with Crippen molar-refractivity contribution in [2.45, 2.75) is 18.9 Å². The molecule has 0 saturated heterocycles. The van der Waals surface area contributed by atoms with Gasteiger partial charge in [0.25, 0.3) is 0 Å². The number of nitrogen functional groups attached to an aromatic ring is 1. The van der Waals surface area contributed by atoms with Crippen LogP contribution in [0, 0.1) is 0 Å². The third-order valence-corrected chi connectivity index (χ3v) is 5.10. The number of carbonyl (C=O) groups excluding carboxylic acids is 1. The average molecular weight is 397 g/mol. The largest absolute Gasteiger partial charge is 0.387 e. The van der Waals surface area contributed by atoms with Crippen LogP contribution in [0.4, 0.5) is 11.5 Å². The summed E-state index contributed by atoms with van der Waals surface area (Å²) < 4.78 is 0. The molecule has 0 spiro atoms. The standard InChI is InChI=1S/C21H24N4O2S/c22-19-14-28-21(25-19)12-20(27)24-17-8-6-15(7-9-17)10-11-23-13-18(26)16-4-2-1-3-5-16/h1-9,14,18,23,26H,10-13,22H2,(H,24,27)/t18-/m1/s1. The van der Waals surface area contributed by atoms with Crippen molar-refractivity contribution in [3.8, 4) is 0 Å². The Balaban J connectivity index is 1.38. The van der Waals surface area contributed by atoms with Gasteiger partial charge in [-0.15, -0.1) is 11.3 Å². The monoisotopic (exact) mass is 396 g/mol. The van der Waals surface area contributed by atoms with E-state index in [1.165, 1.54) is 11.3 Å². The van der Waals surface area contributed by atoms with E-state index in [0.29, 0.717) is 17.4 Å². The van der Waals surface area contributed by atoms with Gasteiger partial charge in [0.05, 0.1) is 12.5 Å². The minimum atomic E-state index is -0.507. The summed E-state index contributed by atoms with van der Waals surface area (Å²) in [4.78, 5) is 16.1. The zero-order valence-corrected chi connectivity index (χ0v) is 16.3. The maximum Gasteiger partial charge on any atom is 0.231 e. The number of hydrogen-bond donors (Lipinski definition) is 4. The van der Waals surface area contributed by atoms with Gasteiger partial charge in [-0.1, -0.05) is 42.5 Å². The number of carbonyl (C=O) groups is 1. The van der Waals surface area contributed by atoms with Crippen LogP contribution < -0.4 is 16.4 Å². The van der Waals surface area contributed by atoms with Crippen LogP contribution in [0.15, 0.2) is 60.0 Å². The number of aliphatic hydroxyl groups excluding tert-OH is 1. The van der Waals surface area contributed by atoms with Crippen LogP contribution in [0.3, 0.4) is 0 Å². The fourth-order valence-corrected chi connectivity index (χ4v) is 3.45. The van der Waals surface area contributed by atoms with Crippen LogP contribution in [0.2, 0.25) is 0 Å². The number of thiazole rings is 1. The lowest BCUT2D eigenvalue weighted by Crippen LogP contribution is -2.23. The molecule has 0 saturated carbocycles. The van der Waals surface area contributed by atoms with E-state index in [1.54, 1.807) is 5.38 Å². The van der Waals surface area contributed by atoms with Crippen molar-refractivity contribution in [2.24, 2.45) is 0 Å². The predicted octanol–water partition coefficient (Wildman–Crippen LogP) is 2.77. The topological polar surface area (TPSA) is 100 Å². The molecular formula is C21H24N4O2S. The molecule has 6 nitrogen and oxygen atoms in total. The summed E-state index contributed by atoms with van der Waals surface area (Å²) in [5.41, 5.74) is 8.40. The molecule has 0 radical (unpaired) electrons. The third kappa shape index (κ3) is 6.16. The summed E-state index contributed by atoms with van der Waals surface area (Å²) in [6.45, 7) is 1.28. The molecule has 0 aliphatic rings. The predicted molar refractivity (Wildman–Crippen MR) is 113 cm³/mol. The fraction of sp³-hybridized carbons (Fsp3) is 0.238. The van der Waals surface area contributed by atoms with Gasteiger partial charge in [0.1, 0.15) is 10.8 Å². The number of hydrogen-bond acceptors (Lipinski definition) is 6. The van der Waals surface area contributed by atoms with Crippen LogP contribution in [0.25, 0.3) is 0 Å². The first-order valence-corrected chi connectivity index (χ1v) is 10.0. The Kier molecular flexibility index (Phi) is 7.13. The van der Waals surface area contributed by atoms with Crippen molar-refractivity contribution < 1.29 is 9.90 Å². The summed E-state index contributed by atoms with van der Waals surface area (Å²) in [5.74, 6) is 0.334. The number of nitrogens with zero attached hydrogens (tertiary/aromatic N) is 1. The third-order valence-electron chi connectivity index (χ3n) is 4.23. The highest BCUT2D eigenvalue weighted by molar-refractivity contribution is 7.10. The van der Waals surface area contributed by atoms with Gasteiger partial charge >= 0.3 is 0 Å². The van der Waals surface area contributed by atoms with Gasteiger partial charge in [0, 0.05) is 17.6 Å². The lowest BCUT2D eigenvalue weighted by atomic mass is 10.1. The minimum Gasteiger partial charge on any atom is -0.387 e. The first kappa shape index (κ1) is 20.0. The second-order valence-corrected chi connectivity index (χ2v) is 7.41. The van der Waals surface area contributed by atoms with Gasteiger partial charge in [-0.05, 0) is 36.2 Å². The van der Waals surface area contributed by atoms with E-state index in [4.69, 9.17) is 5.73 Å². The van der Waals surface area contributed by atoms with Crippen molar-refractivity contribution in [3.63, 3.8) is 0 Å². The molecule has 1 aromatic heterocycles. The first-order chi connectivity index (χ1) is 13.6. The van der Waals surface area contributed by atoms with E-state index < -0.39 is 6.10 Å². The maximum absolute atomic E-state index is 12.0. The van der Waals surface area contributed by atoms with Crippen LogP contribution in [0.1, 0.15) is 22.2 Å². The second-order valence-electron chi connectivity index (χ2n) is 6.47. The van der Waals surface area contributed by atoms with Crippen LogP contribution in [0.5, 0.6) is 0 Å². The molecule has 0 fully saturated rings. The highest BCUT2D eigenvalue weighted by Crippen LogP contribution is 2.14. The summed E-state index contributed by atoms with van der Waals surface area (Å²) in [7, 11) is 0. The maximum atomic E-state index is 12.0. The van der Waals surface area contributed by atoms with E-state index in [1.807, 2.05) is 54.6 Å². The Labute approximate surface area is 168 Å². The van der Waals surface area contributed by atoms with Crippen molar-refractivity contribution in [1.82, 2.24) is 10.3 Å². The van der Waals surface area contributed by atoms with Crippen LogP contribution in [-0.2, 0) is 17.6 Å². The lowest BCUT2D eigenvalue weighted by molar-refractivity contribution is -0.115. The molecule has 146 valence electrons. The molecule has 3 rings (SSSR count). The second kappa shape index (κ2) is 9.98. The highest BCUT2D eigenvalue weighted by Gasteiger charge is 2.08. The lowest BCUT2D eigenvalue weighted by Gasteiger charge is -2.12. The Morgan fingerprint density at radius 1 is 1.14 bits per heavy atom. The highest BCUT2D eigenvalue weighted by atomic mass is 32.1. The average Bonchev–Trinajstić information content (AvgIpc) is 3.11. The summed E-state index contributed by atoms with van der Waals surface area (Å²) in [5, 5.41) is 18.7. The number of nitrogens with one attached hydrogen (secondary N) is 2. The smallest absolute Gasteiger partial charge is 0.231 e. The number of rotatable bonds is 9. The molecule has 0 aliphatic carbocycles. The molecule has 1 amide bonds. The van der Waals surface area contributed by atoms with Crippen LogP contribution >= 0.6 is 11.3 Å². The summed E-state index contributed by atoms with van der Waals surface area (Å²) >= 11 is 1.38. The normalized spacial score (nSPS) is 11.9. The molecule has 1 heterocycles. The Hall–Kier alpha value is -2.74. The number of benzene rings is 2. The number of amides is 1. The van der Waals surface area contributed by atoms with Crippen molar-refractivity contribution in [3.05, 3.63) is 76.1 Å². The van der Waals surface area contributed by atoms with E-state index >= 15 is 0 Å². The Morgan fingerprint density at radius 2 is 1.89 bits per heavy atom. The van der Waals surface area contributed by atoms with E-state index in [9.17, 15) is 9.90 Å². The quantitative estimate of drug-likeness (QED) is 0.417. The van der Waals surface area contributed by atoms with Gasteiger partial charge in [0.15, 0.2) is 0 Å². The number of aliphatic hydroxyl groups is 1. The van der Waals surface area contributed by atoms with Gasteiger partial charge in [0.2, 0.25) is 5.91 Å². The molecular weight excluding hydrogens is 372 g/mol. The Morgan fingerprint density at radius 3 is 2.57 bits per heavy atom. The number of aromatic nitrogens is 1. The molecule has 0 unspecified atom stereocenters. The van der Waals surface area contributed by atoms with Crippen molar-refractivity contribution >= 4 is 28.7 Å². The molecule has 0 bridgehead atoms. The molecule has 5 N–H and O–H groups in total. The zero-order valence-electron chi connectivity index (χ0n) is 15.5.